The van der Waals surface area contributed by atoms with E-state index in [0.29, 0.717) is 6.54 Å². The van der Waals surface area contributed by atoms with E-state index < -0.39 is 117 Å². The molecule has 1 unspecified atom stereocenters. The molecule has 266 valence electrons. The van der Waals surface area contributed by atoms with E-state index in [9.17, 15) is 35.4 Å². The van der Waals surface area contributed by atoms with Gasteiger partial charge in [-0.3, -0.25) is 4.79 Å². The van der Waals surface area contributed by atoms with E-state index >= 15 is 0 Å². The van der Waals surface area contributed by atoms with Gasteiger partial charge < -0.3 is 98.4 Å². The summed E-state index contributed by atoms with van der Waals surface area (Å²) in [6.07, 6.45) is -17.1. The van der Waals surface area contributed by atoms with Crippen molar-refractivity contribution >= 4 is 5.91 Å². The van der Waals surface area contributed by atoms with E-state index in [1.807, 2.05) is 0 Å². The Balaban J connectivity index is 1.32. The molecule has 1 aliphatic carbocycles. The Labute approximate surface area is 264 Å². The molecule has 5 aliphatic rings. The van der Waals surface area contributed by atoms with Gasteiger partial charge in [-0.05, 0) is 12.8 Å². The highest BCUT2D eigenvalue weighted by molar-refractivity contribution is 5.84. The highest BCUT2D eigenvalue weighted by Gasteiger charge is 2.53. The van der Waals surface area contributed by atoms with Gasteiger partial charge in [-0.25, -0.2) is 0 Å². The Morgan fingerprint density at radius 3 is 1.76 bits per heavy atom. The molecule has 19 atom stereocenters. The standard InChI is InChI=1S/C26H49N7O13/c27-3-11-16(35)18(37)14(30)24(42-11)45-21-8(29)1-7(33-23(40)9-5-32-9)2-10(21)41-26-20(39)22(13(6-34)44-26)46-25-15(31)19(38)17(36)12(4-28)43-25/h7-22,24-26,32,34-39H,1-6,27-31H2,(H,33,40)/t7-,8+,9?,10-,11-,12+,13-,14-,15-,16-,17-,18+,19-,20-,21-,22-,24-,25-,26-/m1/s1. The molecule has 0 bridgehead atoms. The van der Waals surface area contributed by atoms with Crippen LogP contribution in [0.5, 0.6) is 0 Å². The SMILES string of the molecule is NC[C@@H]1O[C@H](O[C@H]2[C@@H](O)[C@H](O[C@@H]3C[C@H](NC(=O)C4CN4)C[C@H](N)[C@H]3O[C@H]3O[C@H](CN)[C@@H](O)[C@@H](O)[C@H]3N)O[C@@H]2CO)[C@H](N)[C@@H](O)[C@@H]1O. The minimum Gasteiger partial charge on any atom is -0.394 e. The van der Waals surface area contributed by atoms with Crippen molar-refractivity contribution in [3.63, 3.8) is 0 Å². The summed E-state index contributed by atoms with van der Waals surface area (Å²) in [7, 11) is 0. The number of hydrogen-bond donors (Lipinski definition) is 13. The summed E-state index contributed by atoms with van der Waals surface area (Å²) < 4.78 is 35.5. The smallest absolute Gasteiger partial charge is 0.238 e. The lowest BCUT2D eigenvalue weighted by molar-refractivity contribution is -0.298. The fraction of sp³-hybridized carbons (Fsp3) is 0.962. The molecular weight excluding hydrogens is 618 g/mol. The van der Waals surface area contributed by atoms with Gasteiger partial charge in [0, 0.05) is 31.7 Å². The average molecular weight is 668 g/mol. The van der Waals surface area contributed by atoms with Crippen molar-refractivity contribution in [1.82, 2.24) is 10.6 Å². The molecule has 18 N–H and O–H groups in total. The highest BCUT2D eigenvalue weighted by atomic mass is 16.8. The normalized spacial score (nSPS) is 51.2. The van der Waals surface area contributed by atoms with E-state index in [4.69, 9.17) is 57.1 Å². The van der Waals surface area contributed by atoms with Crippen molar-refractivity contribution in [2.45, 2.75) is 129 Å². The number of carbonyl (C=O) groups excluding carboxylic acids is 1. The van der Waals surface area contributed by atoms with Gasteiger partial charge >= 0.3 is 0 Å². The minimum atomic E-state index is -1.54. The molecule has 20 nitrogen and oxygen atoms in total. The van der Waals surface area contributed by atoms with Gasteiger partial charge in [0.15, 0.2) is 18.9 Å². The number of aliphatic hydroxyl groups excluding tert-OH is 6. The van der Waals surface area contributed by atoms with Crippen molar-refractivity contribution in [3.05, 3.63) is 0 Å². The number of hydrogen-bond acceptors (Lipinski definition) is 19. The third-order valence-electron chi connectivity index (χ3n) is 9.26. The van der Waals surface area contributed by atoms with E-state index in [0.717, 1.165) is 0 Å². The highest BCUT2D eigenvalue weighted by Crippen LogP contribution is 2.34. The zero-order valence-corrected chi connectivity index (χ0v) is 25.1. The Morgan fingerprint density at radius 1 is 0.739 bits per heavy atom. The number of nitrogens with two attached hydrogens (primary N) is 5. The molecule has 4 heterocycles. The largest absolute Gasteiger partial charge is 0.394 e. The van der Waals surface area contributed by atoms with Gasteiger partial charge in [0.1, 0.15) is 61.0 Å². The molecule has 20 heteroatoms. The topological polar surface area (TPSA) is 358 Å². The fourth-order valence-corrected chi connectivity index (χ4v) is 6.39. The van der Waals surface area contributed by atoms with Crippen LogP contribution in [0.25, 0.3) is 0 Å². The maximum Gasteiger partial charge on any atom is 0.238 e. The van der Waals surface area contributed by atoms with Crippen LogP contribution >= 0.6 is 0 Å². The quantitative estimate of drug-likeness (QED) is 0.0909. The van der Waals surface area contributed by atoms with Crippen LogP contribution in [0.1, 0.15) is 12.8 Å². The second-order valence-electron chi connectivity index (χ2n) is 12.6. The summed E-state index contributed by atoms with van der Waals surface area (Å²) in [5, 5.41) is 68.5. The van der Waals surface area contributed by atoms with Crippen LogP contribution in [0, 0.1) is 0 Å². The van der Waals surface area contributed by atoms with Crippen LogP contribution in [-0.2, 0) is 33.2 Å². The van der Waals surface area contributed by atoms with Crippen LogP contribution in [0.15, 0.2) is 0 Å². The van der Waals surface area contributed by atoms with Crippen LogP contribution in [-0.4, -0.2) is 179 Å². The lowest BCUT2D eigenvalue weighted by Crippen LogP contribution is -2.66. The maximum absolute atomic E-state index is 12.5. The number of amides is 1. The van der Waals surface area contributed by atoms with Crippen LogP contribution < -0.4 is 39.3 Å². The number of ether oxygens (including phenoxy) is 6. The predicted octanol–water partition coefficient (Wildman–Crippen LogP) is -8.74. The van der Waals surface area contributed by atoms with Gasteiger partial charge in [-0.2, -0.15) is 0 Å². The molecule has 0 aromatic heterocycles. The zero-order chi connectivity index (χ0) is 33.4. The molecule has 0 aromatic rings. The van der Waals surface area contributed by atoms with Crippen LogP contribution in [0.4, 0.5) is 0 Å². The van der Waals surface area contributed by atoms with Crippen molar-refractivity contribution in [2.75, 3.05) is 26.2 Å². The third-order valence-corrected chi connectivity index (χ3v) is 9.26. The van der Waals surface area contributed by atoms with Gasteiger partial charge in [-0.15, -0.1) is 0 Å². The van der Waals surface area contributed by atoms with Gasteiger partial charge in [-0.1, -0.05) is 0 Å². The summed E-state index contributed by atoms with van der Waals surface area (Å²) >= 11 is 0. The molecule has 4 saturated heterocycles. The molecule has 4 aliphatic heterocycles. The minimum absolute atomic E-state index is 0.132. The summed E-state index contributed by atoms with van der Waals surface area (Å²) in [5.41, 5.74) is 30.0. The number of nitrogens with one attached hydrogen (secondary N) is 2. The lowest BCUT2D eigenvalue weighted by Gasteiger charge is -2.46. The molecule has 1 amide bonds. The molecular formula is C26H49N7O13. The van der Waals surface area contributed by atoms with E-state index in [-0.39, 0.29) is 37.9 Å². The summed E-state index contributed by atoms with van der Waals surface area (Å²) in [6, 6.07) is -3.96. The Hall–Kier alpha value is -1.25. The Bertz CT molecular complexity index is 1020. The first-order valence-electron chi connectivity index (χ1n) is 15.5. The lowest BCUT2D eigenvalue weighted by atomic mass is 9.86. The Morgan fingerprint density at radius 2 is 1.26 bits per heavy atom. The van der Waals surface area contributed by atoms with Gasteiger partial charge in [0.25, 0.3) is 0 Å². The number of aliphatic hydroxyl groups is 6. The maximum atomic E-state index is 12.5. The molecule has 1 saturated carbocycles. The number of rotatable bonds is 11. The summed E-state index contributed by atoms with van der Waals surface area (Å²) in [5.74, 6) is -0.214. The molecule has 0 aromatic carbocycles. The first-order chi connectivity index (χ1) is 21.9. The predicted molar refractivity (Wildman–Crippen MR) is 153 cm³/mol. The summed E-state index contributed by atoms with van der Waals surface area (Å²) in [6.45, 7) is -0.352. The van der Waals surface area contributed by atoms with Crippen molar-refractivity contribution < 1.29 is 63.9 Å². The summed E-state index contributed by atoms with van der Waals surface area (Å²) in [4.78, 5) is 12.5. The zero-order valence-electron chi connectivity index (χ0n) is 25.1. The number of carbonyl (C=O) groups is 1. The van der Waals surface area contributed by atoms with E-state index in [1.54, 1.807) is 0 Å². The second kappa shape index (κ2) is 15.1. The first kappa shape index (κ1) is 36.0. The van der Waals surface area contributed by atoms with Crippen molar-refractivity contribution in [3.8, 4) is 0 Å². The average Bonchev–Trinajstić information content (AvgIpc) is 3.85. The molecule has 5 fully saturated rings. The monoisotopic (exact) mass is 667 g/mol. The molecule has 0 radical (unpaired) electrons. The second-order valence-corrected chi connectivity index (χ2v) is 12.6. The molecule has 46 heavy (non-hydrogen) atoms. The molecule has 5 rings (SSSR count). The Kier molecular flexibility index (Phi) is 11.8. The third kappa shape index (κ3) is 7.49. The van der Waals surface area contributed by atoms with Gasteiger partial charge in [0.2, 0.25) is 5.91 Å². The van der Waals surface area contributed by atoms with Crippen molar-refractivity contribution in [1.29, 1.82) is 0 Å². The van der Waals surface area contributed by atoms with Crippen LogP contribution in [0.3, 0.4) is 0 Å². The van der Waals surface area contributed by atoms with E-state index in [1.165, 1.54) is 0 Å². The fourth-order valence-electron chi connectivity index (χ4n) is 6.39. The molecule has 0 spiro atoms. The van der Waals surface area contributed by atoms with Crippen molar-refractivity contribution in [2.24, 2.45) is 28.7 Å². The van der Waals surface area contributed by atoms with Gasteiger partial charge in [0.05, 0.1) is 30.8 Å². The van der Waals surface area contributed by atoms with E-state index in [2.05, 4.69) is 10.6 Å². The first-order valence-corrected chi connectivity index (χ1v) is 15.5. The van der Waals surface area contributed by atoms with Crippen LogP contribution in [0.2, 0.25) is 0 Å².